The van der Waals surface area contributed by atoms with Crippen molar-refractivity contribution >= 4 is 0 Å². The summed E-state index contributed by atoms with van der Waals surface area (Å²) in [6.07, 6.45) is 0. The fourth-order valence-electron chi connectivity index (χ4n) is 0.883. The molecule has 1 aromatic carbocycles. The fraction of sp³-hybridized carbons (Fsp3) is 0.250. The molecule has 0 spiro atoms. The summed E-state index contributed by atoms with van der Waals surface area (Å²) in [5.74, 6) is -0.150. The number of rotatable bonds is 2. The molecule has 60 valence electrons. The maximum absolute atomic E-state index is 9.05. The monoisotopic (exact) mass is 153 g/mol. The third kappa shape index (κ3) is 1.85. The second-order valence-electron chi connectivity index (χ2n) is 2.35. The van der Waals surface area contributed by atoms with Crippen LogP contribution < -0.4 is 5.32 Å². The van der Waals surface area contributed by atoms with E-state index in [0.717, 1.165) is 5.56 Å². The summed E-state index contributed by atoms with van der Waals surface area (Å²) < 4.78 is 0. The Kier molecular flexibility index (Phi) is 2.33. The summed E-state index contributed by atoms with van der Waals surface area (Å²) in [5, 5.41) is 20.9. The third-order valence-corrected chi connectivity index (χ3v) is 1.42. The summed E-state index contributed by atoms with van der Waals surface area (Å²) >= 11 is 0. The maximum Gasteiger partial charge on any atom is 0.157 e. The fourth-order valence-corrected chi connectivity index (χ4v) is 0.883. The van der Waals surface area contributed by atoms with Gasteiger partial charge in [-0.2, -0.15) is 0 Å². The van der Waals surface area contributed by atoms with Gasteiger partial charge in [-0.3, -0.25) is 0 Å². The van der Waals surface area contributed by atoms with Gasteiger partial charge in [0.1, 0.15) is 0 Å². The second kappa shape index (κ2) is 3.25. The van der Waals surface area contributed by atoms with Crippen LogP contribution in [0.3, 0.4) is 0 Å². The van der Waals surface area contributed by atoms with Crippen LogP contribution in [-0.2, 0) is 6.54 Å². The number of hydrogen-bond acceptors (Lipinski definition) is 3. The van der Waals surface area contributed by atoms with Gasteiger partial charge in [0, 0.05) is 6.54 Å². The van der Waals surface area contributed by atoms with E-state index >= 15 is 0 Å². The molecule has 3 heteroatoms. The Morgan fingerprint density at radius 3 is 2.55 bits per heavy atom. The van der Waals surface area contributed by atoms with Crippen LogP contribution in [0.2, 0.25) is 0 Å². The average molecular weight is 153 g/mol. The molecule has 1 aromatic rings. The maximum atomic E-state index is 9.05. The molecule has 3 nitrogen and oxygen atoms in total. The van der Waals surface area contributed by atoms with Gasteiger partial charge in [-0.25, -0.2) is 0 Å². The normalized spacial score (nSPS) is 9.91. The molecule has 0 aliphatic rings. The van der Waals surface area contributed by atoms with Crippen molar-refractivity contribution in [1.29, 1.82) is 0 Å². The minimum atomic E-state index is -0.0788. The lowest BCUT2D eigenvalue weighted by molar-refractivity contribution is 0.403. The molecule has 0 bridgehead atoms. The Morgan fingerprint density at radius 1 is 1.27 bits per heavy atom. The molecule has 0 heterocycles. The van der Waals surface area contributed by atoms with Crippen LogP contribution in [0.25, 0.3) is 0 Å². The number of phenols is 2. The smallest absolute Gasteiger partial charge is 0.157 e. The highest BCUT2D eigenvalue weighted by molar-refractivity contribution is 5.40. The van der Waals surface area contributed by atoms with E-state index in [2.05, 4.69) is 5.32 Å². The number of benzene rings is 1. The molecular weight excluding hydrogens is 142 g/mol. The van der Waals surface area contributed by atoms with Crippen LogP contribution in [0.4, 0.5) is 0 Å². The highest BCUT2D eigenvalue weighted by Crippen LogP contribution is 2.24. The van der Waals surface area contributed by atoms with Crippen molar-refractivity contribution in [3.05, 3.63) is 23.8 Å². The first-order valence-electron chi connectivity index (χ1n) is 3.39. The molecule has 0 aliphatic heterocycles. The summed E-state index contributed by atoms with van der Waals surface area (Å²) in [6, 6.07) is 4.76. The zero-order valence-corrected chi connectivity index (χ0v) is 6.33. The standard InChI is InChI=1S/C8H11NO2/c1-9-5-6-2-3-7(10)8(11)4-6/h2-4,9-11H,5H2,1H3. The highest BCUT2D eigenvalue weighted by atomic mass is 16.3. The van der Waals surface area contributed by atoms with Crippen molar-refractivity contribution in [3.63, 3.8) is 0 Å². The van der Waals surface area contributed by atoms with Crippen molar-refractivity contribution in [2.24, 2.45) is 0 Å². The van der Waals surface area contributed by atoms with Crippen molar-refractivity contribution in [1.82, 2.24) is 5.32 Å². The molecule has 1 rings (SSSR count). The minimum Gasteiger partial charge on any atom is -0.504 e. The van der Waals surface area contributed by atoms with Gasteiger partial charge in [-0.15, -0.1) is 0 Å². The predicted octanol–water partition coefficient (Wildman–Crippen LogP) is 0.817. The van der Waals surface area contributed by atoms with Gasteiger partial charge >= 0.3 is 0 Å². The Balaban J connectivity index is 2.86. The van der Waals surface area contributed by atoms with Crippen molar-refractivity contribution in [3.8, 4) is 11.5 Å². The first kappa shape index (κ1) is 7.88. The van der Waals surface area contributed by atoms with E-state index < -0.39 is 0 Å². The van der Waals surface area contributed by atoms with E-state index in [1.165, 1.54) is 12.1 Å². The van der Waals surface area contributed by atoms with Crippen molar-refractivity contribution in [2.45, 2.75) is 6.54 Å². The molecule has 0 fully saturated rings. The zero-order valence-electron chi connectivity index (χ0n) is 6.33. The van der Waals surface area contributed by atoms with Gasteiger partial charge in [0.05, 0.1) is 0 Å². The van der Waals surface area contributed by atoms with E-state index in [-0.39, 0.29) is 11.5 Å². The van der Waals surface area contributed by atoms with Crippen LogP contribution in [0.5, 0.6) is 11.5 Å². The number of nitrogens with one attached hydrogen (secondary N) is 1. The number of phenolic OH excluding ortho intramolecular Hbond substituents is 2. The van der Waals surface area contributed by atoms with Gasteiger partial charge in [0.2, 0.25) is 0 Å². The molecule has 0 unspecified atom stereocenters. The number of aromatic hydroxyl groups is 2. The van der Waals surface area contributed by atoms with E-state index in [0.29, 0.717) is 6.54 Å². The number of hydrogen-bond donors (Lipinski definition) is 3. The van der Waals surface area contributed by atoms with Crippen LogP contribution in [-0.4, -0.2) is 17.3 Å². The average Bonchev–Trinajstić information content (AvgIpc) is 1.98. The Bertz CT molecular complexity index is 248. The lowest BCUT2D eigenvalue weighted by atomic mass is 10.2. The topological polar surface area (TPSA) is 52.5 Å². The first-order chi connectivity index (χ1) is 5.24. The SMILES string of the molecule is CNCc1ccc(O)c(O)c1. The predicted molar refractivity (Wildman–Crippen MR) is 42.5 cm³/mol. The van der Waals surface area contributed by atoms with Gasteiger partial charge < -0.3 is 15.5 Å². The summed E-state index contributed by atoms with van der Waals surface area (Å²) in [4.78, 5) is 0. The summed E-state index contributed by atoms with van der Waals surface area (Å²) in [5.41, 5.74) is 0.947. The van der Waals surface area contributed by atoms with Crippen molar-refractivity contribution < 1.29 is 10.2 Å². The molecule has 3 N–H and O–H groups in total. The van der Waals surface area contributed by atoms with Gasteiger partial charge in [0.15, 0.2) is 11.5 Å². The van der Waals surface area contributed by atoms with E-state index in [4.69, 9.17) is 10.2 Å². The summed E-state index contributed by atoms with van der Waals surface area (Å²) in [7, 11) is 1.82. The lowest BCUT2D eigenvalue weighted by Gasteiger charge is -2.01. The lowest BCUT2D eigenvalue weighted by Crippen LogP contribution is -2.04. The first-order valence-corrected chi connectivity index (χ1v) is 3.39. The molecule has 0 saturated heterocycles. The van der Waals surface area contributed by atoms with Gasteiger partial charge in [-0.1, -0.05) is 6.07 Å². The van der Waals surface area contributed by atoms with Crippen LogP contribution in [0.15, 0.2) is 18.2 Å². The molecular formula is C8H11NO2. The molecule has 0 aliphatic carbocycles. The Labute approximate surface area is 65.3 Å². The van der Waals surface area contributed by atoms with Crippen LogP contribution in [0.1, 0.15) is 5.56 Å². The van der Waals surface area contributed by atoms with Crippen LogP contribution in [0, 0.1) is 0 Å². The largest absolute Gasteiger partial charge is 0.504 e. The molecule has 0 saturated carbocycles. The quantitative estimate of drug-likeness (QED) is 0.551. The molecule has 0 amide bonds. The Morgan fingerprint density at radius 2 is 2.00 bits per heavy atom. The molecule has 0 radical (unpaired) electrons. The highest BCUT2D eigenvalue weighted by Gasteiger charge is 1.98. The van der Waals surface area contributed by atoms with E-state index in [1.807, 2.05) is 7.05 Å². The Hall–Kier alpha value is -1.22. The minimum absolute atomic E-state index is 0.0715. The van der Waals surface area contributed by atoms with Gasteiger partial charge in [0.25, 0.3) is 0 Å². The molecule has 0 aromatic heterocycles. The van der Waals surface area contributed by atoms with Crippen LogP contribution >= 0.6 is 0 Å². The third-order valence-electron chi connectivity index (χ3n) is 1.42. The van der Waals surface area contributed by atoms with Gasteiger partial charge in [-0.05, 0) is 24.7 Å². The summed E-state index contributed by atoms with van der Waals surface area (Å²) in [6.45, 7) is 0.688. The van der Waals surface area contributed by atoms with E-state index in [9.17, 15) is 0 Å². The molecule has 0 atom stereocenters. The van der Waals surface area contributed by atoms with Crippen molar-refractivity contribution in [2.75, 3.05) is 7.05 Å². The molecule has 11 heavy (non-hydrogen) atoms. The zero-order chi connectivity index (χ0) is 8.27. The second-order valence-corrected chi connectivity index (χ2v) is 2.35. The van der Waals surface area contributed by atoms with E-state index in [1.54, 1.807) is 6.07 Å².